The number of carbonyl (C=O) groups excluding carboxylic acids is 1. The van der Waals surface area contributed by atoms with Crippen molar-refractivity contribution in [2.75, 3.05) is 13.6 Å². The quantitative estimate of drug-likeness (QED) is 0.822. The maximum atomic E-state index is 11.5. The molecule has 1 aromatic heterocycles. The van der Waals surface area contributed by atoms with Crippen LogP contribution in [0.2, 0.25) is 0 Å². The number of rotatable bonds is 5. The fourth-order valence-corrected chi connectivity index (χ4v) is 2.45. The van der Waals surface area contributed by atoms with Crippen molar-refractivity contribution < 1.29 is 4.79 Å². The highest BCUT2D eigenvalue weighted by molar-refractivity contribution is 7.11. The molecule has 1 rings (SSSR count). The van der Waals surface area contributed by atoms with E-state index < -0.39 is 0 Å². The third-order valence-electron chi connectivity index (χ3n) is 2.42. The first-order valence-corrected chi connectivity index (χ1v) is 6.28. The highest BCUT2D eigenvalue weighted by atomic mass is 32.1. The summed E-state index contributed by atoms with van der Waals surface area (Å²) >= 11 is 1.66. The predicted octanol–water partition coefficient (Wildman–Crippen LogP) is 1.55. The van der Waals surface area contributed by atoms with E-state index in [4.69, 9.17) is 0 Å². The lowest BCUT2D eigenvalue weighted by Crippen LogP contribution is -2.34. The van der Waals surface area contributed by atoms with E-state index in [-0.39, 0.29) is 11.9 Å². The smallest absolute Gasteiger partial charge is 0.234 e. The highest BCUT2D eigenvalue weighted by Crippen LogP contribution is 2.24. The van der Waals surface area contributed by atoms with Crippen LogP contribution in [0.15, 0.2) is 0 Å². The van der Waals surface area contributed by atoms with Gasteiger partial charge in [-0.3, -0.25) is 4.79 Å². The Hall–Kier alpha value is -0.940. The van der Waals surface area contributed by atoms with Crippen LogP contribution in [0.4, 0.5) is 0 Å². The van der Waals surface area contributed by atoms with Crippen LogP contribution in [0.5, 0.6) is 0 Å². The molecule has 0 fully saturated rings. The molecule has 0 aliphatic carbocycles. The molecule has 0 spiro atoms. The van der Waals surface area contributed by atoms with Crippen molar-refractivity contribution in [3.8, 4) is 0 Å². The lowest BCUT2D eigenvalue weighted by Gasteiger charge is -2.14. The number of hydrogen-bond donors (Lipinski definition) is 2. The fourth-order valence-electron chi connectivity index (χ4n) is 1.39. The Labute approximate surface area is 100 Å². The molecule has 1 atom stereocenters. The van der Waals surface area contributed by atoms with Crippen molar-refractivity contribution in [1.82, 2.24) is 15.6 Å². The van der Waals surface area contributed by atoms with Crippen LogP contribution in [-0.4, -0.2) is 24.5 Å². The minimum Gasteiger partial charge on any atom is -0.346 e. The maximum absolute atomic E-state index is 11.5. The first-order chi connectivity index (χ1) is 7.58. The Morgan fingerprint density at radius 1 is 1.50 bits per heavy atom. The molecule has 1 amide bonds. The average molecular weight is 241 g/mol. The Balaban J connectivity index is 2.70. The summed E-state index contributed by atoms with van der Waals surface area (Å²) in [5.74, 6) is 0.0138. The number of aryl methyl sites for hydroxylation is 2. The summed E-state index contributed by atoms with van der Waals surface area (Å²) in [4.78, 5) is 17.2. The monoisotopic (exact) mass is 241 g/mol. The second-order valence-electron chi connectivity index (χ2n) is 3.75. The zero-order chi connectivity index (χ0) is 12.1. The van der Waals surface area contributed by atoms with E-state index in [2.05, 4.69) is 29.5 Å². The zero-order valence-corrected chi connectivity index (χ0v) is 11.1. The number of nitrogens with one attached hydrogen (secondary N) is 2. The largest absolute Gasteiger partial charge is 0.346 e. The number of carbonyl (C=O) groups is 1. The van der Waals surface area contributed by atoms with Crippen molar-refractivity contribution in [2.24, 2.45) is 0 Å². The van der Waals surface area contributed by atoms with Gasteiger partial charge in [-0.25, -0.2) is 4.98 Å². The zero-order valence-electron chi connectivity index (χ0n) is 10.3. The van der Waals surface area contributed by atoms with Gasteiger partial charge in [-0.15, -0.1) is 11.3 Å². The Bertz CT molecular complexity index is 343. The summed E-state index contributed by atoms with van der Waals surface area (Å²) < 4.78 is 0. The van der Waals surface area contributed by atoms with Gasteiger partial charge in [0.1, 0.15) is 5.01 Å². The minimum atomic E-state index is 0.0138. The second-order valence-corrected chi connectivity index (χ2v) is 4.99. The molecular formula is C11H19N3OS. The SMILES string of the molecule is CC[C@@H](NC(=O)CNC)c1nc(C)c(C)s1. The van der Waals surface area contributed by atoms with Crippen molar-refractivity contribution >= 4 is 17.2 Å². The lowest BCUT2D eigenvalue weighted by molar-refractivity contribution is -0.120. The van der Waals surface area contributed by atoms with Crippen LogP contribution in [-0.2, 0) is 4.79 Å². The van der Waals surface area contributed by atoms with E-state index in [9.17, 15) is 4.79 Å². The average Bonchev–Trinajstić information content (AvgIpc) is 2.56. The van der Waals surface area contributed by atoms with Crippen molar-refractivity contribution in [3.05, 3.63) is 15.6 Å². The van der Waals surface area contributed by atoms with Crippen molar-refractivity contribution in [1.29, 1.82) is 0 Å². The molecule has 1 heterocycles. The van der Waals surface area contributed by atoms with Crippen LogP contribution in [0.3, 0.4) is 0 Å². The molecule has 0 bridgehead atoms. The topological polar surface area (TPSA) is 54.0 Å². The molecule has 0 aromatic carbocycles. The second kappa shape index (κ2) is 5.96. The molecular weight excluding hydrogens is 222 g/mol. The summed E-state index contributed by atoms with van der Waals surface area (Å²) in [7, 11) is 1.76. The molecule has 5 heteroatoms. The highest BCUT2D eigenvalue weighted by Gasteiger charge is 2.16. The van der Waals surface area contributed by atoms with E-state index in [0.29, 0.717) is 6.54 Å². The predicted molar refractivity (Wildman–Crippen MR) is 66.7 cm³/mol. The standard InChI is InChI=1S/C11H19N3OS/c1-5-9(14-10(15)6-12-4)11-13-7(2)8(3)16-11/h9,12H,5-6H2,1-4H3,(H,14,15)/t9-/m1/s1. The molecule has 0 unspecified atom stereocenters. The number of nitrogens with zero attached hydrogens (tertiary/aromatic N) is 1. The van der Waals surface area contributed by atoms with Gasteiger partial charge in [0.05, 0.1) is 18.3 Å². The van der Waals surface area contributed by atoms with Crippen LogP contribution in [0.1, 0.15) is 35.0 Å². The maximum Gasteiger partial charge on any atom is 0.234 e. The summed E-state index contributed by atoms with van der Waals surface area (Å²) in [6.07, 6.45) is 0.863. The molecule has 0 aliphatic heterocycles. The number of amides is 1. The third kappa shape index (κ3) is 3.28. The van der Waals surface area contributed by atoms with Gasteiger partial charge in [0.15, 0.2) is 0 Å². The molecule has 4 nitrogen and oxygen atoms in total. The number of aromatic nitrogens is 1. The third-order valence-corrected chi connectivity index (χ3v) is 3.61. The summed E-state index contributed by atoms with van der Waals surface area (Å²) in [5.41, 5.74) is 1.06. The number of hydrogen-bond acceptors (Lipinski definition) is 4. The van der Waals surface area contributed by atoms with Crippen LogP contribution >= 0.6 is 11.3 Å². The van der Waals surface area contributed by atoms with Gasteiger partial charge in [-0.2, -0.15) is 0 Å². The van der Waals surface area contributed by atoms with Gasteiger partial charge < -0.3 is 10.6 Å². The van der Waals surface area contributed by atoms with E-state index in [0.717, 1.165) is 17.1 Å². The first kappa shape index (κ1) is 13.1. The number of likely N-dealkylation sites (N-methyl/N-ethyl adjacent to an activating group) is 1. The summed E-state index contributed by atoms with van der Waals surface area (Å²) in [6.45, 7) is 6.45. The molecule has 0 radical (unpaired) electrons. The van der Waals surface area contributed by atoms with Gasteiger partial charge in [-0.1, -0.05) is 6.92 Å². The van der Waals surface area contributed by atoms with Gasteiger partial charge in [0, 0.05) is 4.88 Å². The molecule has 0 aliphatic rings. The van der Waals surface area contributed by atoms with Crippen LogP contribution < -0.4 is 10.6 Å². The molecule has 16 heavy (non-hydrogen) atoms. The normalized spacial score (nSPS) is 12.5. The van der Waals surface area contributed by atoms with Crippen LogP contribution in [0, 0.1) is 13.8 Å². The van der Waals surface area contributed by atoms with Gasteiger partial charge in [0.2, 0.25) is 5.91 Å². The van der Waals surface area contributed by atoms with Gasteiger partial charge in [-0.05, 0) is 27.3 Å². The van der Waals surface area contributed by atoms with Gasteiger partial charge in [0.25, 0.3) is 0 Å². The molecule has 2 N–H and O–H groups in total. The summed E-state index contributed by atoms with van der Waals surface area (Å²) in [6, 6.07) is 0.0400. The van der Waals surface area contributed by atoms with Gasteiger partial charge >= 0.3 is 0 Å². The van der Waals surface area contributed by atoms with E-state index >= 15 is 0 Å². The molecule has 0 saturated carbocycles. The lowest BCUT2D eigenvalue weighted by atomic mass is 10.2. The Morgan fingerprint density at radius 2 is 2.19 bits per heavy atom. The Kier molecular flexibility index (Phi) is 4.89. The molecule has 0 saturated heterocycles. The summed E-state index contributed by atoms with van der Waals surface area (Å²) in [5, 5.41) is 6.81. The van der Waals surface area contributed by atoms with E-state index in [1.807, 2.05) is 6.92 Å². The fraction of sp³-hybridized carbons (Fsp3) is 0.636. The Morgan fingerprint density at radius 3 is 2.62 bits per heavy atom. The van der Waals surface area contributed by atoms with E-state index in [1.165, 1.54) is 4.88 Å². The minimum absolute atomic E-state index is 0.0138. The van der Waals surface area contributed by atoms with Crippen molar-refractivity contribution in [2.45, 2.75) is 33.2 Å². The number of thiazole rings is 1. The molecule has 90 valence electrons. The molecule has 1 aromatic rings. The van der Waals surface area contributed by atoms with Crippen molar-refractivity contribution in [3.63, 3.8) is 0 Å². The first-order valence-electron chi connectivity index (χ1n) is 5.46. The van der Waals surface area contributed by atoms with E-state index in [1.54, 1.807) is 18.4 Å². The van der Waals surface area contributed by atoms with Crippen LogP contribution in [0.25, 0.3) is 0 Å².